The normalized spacial score (nSPS) is 19.5. The van der Waals surface area contributed by atoms with Crippen LogP contribution in [0.15, 0.2) is 36.9 Å². The van der Waals surface area contributed by atoms with Crippen molar-refractivity contribution in [3.63, 3.8) is 0 Å². The molecule has 1 fully saturated rings. The summed E-state index contributed by atoms with van der Waals surface area (Å²) in [5.74, 6) is 1.11. The quantitative estimate of drug-likeness (QED) is 0.336. The van der Waals surface area contributed by atoms with Crippen molar-refractivity contribution in [2.24, 2.45) is 0 Å². The monoisotopic (exact) mass is 499 g/mol. The molecule has 2 aromatic heterocycles. The molecule has 13 heteroatoms. The van der Waals surface area contributed by atoms with Crippen molar-refractivity contribution >= 4 is 46.2 Å². The molecule has 1 aliphatic rings. The minimum absolute atomic E-state index is 0.127. The van der Waals surface area contributed by atoms with Gasteiger partial charge in [-0.25, -0.2) is 23.9 Å². The van der Waals surface area contributed by atoms with Gasteiger partial charge in [0.05, 0.1) is 25.1 Å². The fourth-order valence-electron chi connectivity index (χ4n) is 3.08. The summed E-state index contributed by atoms with van der Waals surface area (Å²) in [6, 6.07) is 5.81. The Labute approximate surface area is 192 Å². The van der Waals surface area contributed by atoms with Gasteiger partial charge in [-0.2, -0.15) is 0 Å². The van der Waals surface area contributed by atoms with Gasteiger partial charge in [0, 0.05) is 11.5 Å². The number of rotatable bonds is 9. The van der Waals surface area contributed by atoms with Crippen LogP contribution in [-0.2, 0) is 20.4 Å². The van der Waals surface area contributed by atoms with Crippen molar-refractivity contribution in [3.05, 3.63) is 42.7 Å². The lowest BCUT2D eigenvalue weighted by molar-refractivity contribution is 0.0675. The molecule has 0 amide bonds. The van der Waals surface area contributed by atoms with Crippen molar-refractivity contribution in [1.82, 2.24) is 19.5 Å². The van der Waals surface area contributed by atoms with Crippen molar-refractivity contribution in [1.29, 1.82) is 0 Å². The molecule has 1 aromatic carbocycles. The van der Waals surface area contributed by atoms with Crippen LogP contribution in [0.25, 0.3) is 11.2 Å². The van der Waals surface area contributed by atoms with Gasteiger partial charge in [-0.05, 0) is 25.5 Å². The standard InChI is InChI=1S/C19H23FN5O4PS2/c1-13(8-25-11-24-17-18(21)22-10-23-19(17)25)27-12-30(26,28-14-6-7-31-32-9-14)29-16-5-3-2-4-15(16)20/h2-5,10-11,13-14H,6-9,12H2,1H3,(H2,21,22,23)/t13-,14?,30?/m1/s1. The summed E-state index contributed by atoms with van der Waals surface area (Å²) in [7, 11) is -0.401. The zero-order valence-corrected chi connectivity index (χ0v) is 19.8. The van der Waals surface area contributed by atoms with E-state index in [9.17, 15) is 8.96 Å². The second kappa shape index (κ2) is 10.4. The number of anilines is 1. The molecule has 2 unspecified atom stereocenters. The molecular formula is C19H23FN5O4PS2. The Kier molecular flexibility index (Phi) is 7.57. The first-order valence-corrected chi connectivity index (χ1v) is 14.1. The topological polar surface area (TPSA) is 114 Å². The number of hydrogen-bond donors (Lipinski definition) is 1. The summed E-state index contributed by atoms with van der Waals surface area (Å²) in [6.07, 6.45) is 2.74. The first-order chi connectivity index (χ1) is 15.4. The number of fused-ring (bicyclic) bond motifs is 1. The molecule has 1 aliphatic heterocycles. The zero-order valence-electron chi connectivity index (χ0n) is 17.3. The van der Waals surface area contributed by atoms with E-state index in [1.54, 1.807) is 38.5 Å². The van der Waals surface area contributed by atoms with Gasteiger partial charge in [0.1, 0.15) is 11.8 Å². The average Bonchev–Trinajstić information content (AvgIpc) is 3.19. The number of hydrogen-bond acceptors (Lipinski definition) is 10. The SMILES string of the molecule is C[C@H](Cn1cnc2c(N)ncnc21)OCP(=O)(Oc1ccccc1F)OC1CCSSC1. The Bertz CT molecular complexity index is 1110. The van der Waals surface area contributed by atoms with Gasteiger partial charge in [-0.15, -0.1) is 0 Å². The highest BCUT2D eigenvalue weighted by Crippen LogP contribution is 2.52. The fraction of sp³-hybridized carbons (Fsp3) is 0.421. The number of nitrogens with zero attached hydrogens (tertiary/aromatic N) is 4. The molecule has 3 atom stereocenters. The Balaban J connectivity index is 1.45. The van der Waals surface area contributed by atoms with Crippen LogP contribution in [0.3, 0.4) is 0 Å². The number of nitrogen functional groups attached to an aromatic ring is 1. The molecule has 3 aromatic rings. The molecule has 0 aliphatic carbocycles. The van der Waals surface area contributed by atoms with E-state index >= 15 is 0 Å². The summed E-state index contributed by atoms with van der Waals surface area (Å²) >= 11 is 0. The van der Waals surface area contributed by atoms with Crippen LogP contribution in [0.5, 0.6) is 5.75 Å². The average molecular weight is 500 g/mol. The molecule has 172 valence electrons. The largest absolute Gasteiger partial charge is 0.420 e. The van der Waals surface area contributed by atoms with Crippen LogP contribution in [0.1, 0.15) is 13.3 Å². The van der Waals surface area contributed by atoms with E-state index in [1.807, 2.05) is 6.92 Å². The lowest BCUT2D eigenvalue weighted by atomic mass is 10.3. The number of ether oxygens (including phenoxy) is 1. The van der Waals surface area contributed by atoms with Gasteiger partial charge in [-0.3, -0.25) is 4.52 Å². The molecule has 0 bridgehead atoms. The highest BCUT2D eigenvalue weighted by molar-refractivity contribution is 8.76. The lowest BCUT2D eigenvalue weighted by Crippen LogP contribution is -2.23. The van der Waals surface area contributed by atoms with Crippen LogP contribution < -0.4 is 10.3 Å². The predicted octanol–water partition coefficient (Wildman–Crippen LogP) is 4.35. The number of halogens is 1. The van der Waals surface area contributed by atoms with E-state index in [1.165, 1.54) is 24.5 Å². The van der Waals surface area contributed by atoms with Gasteiger partial charge in [0.2, 0.25) is 0 Å². The predicted molar refractivity (Wildman–Crippen MR) is 124 cm³/mol. The second-order valence-corrected chi connectivity index (χ2v) is 11.7. The Hall–Kier alpha value is -1.85. The van der Waals surface area contributed by atoms with E-state index in [0.717, 1.165) is 12.2 Å². The third-order valence-corrected chi connectivity index (χ3v) is 8.69. The third-order valence-electron chi connectivity index (χ3n) is 4.64. The maximum atomic E-state index is 14.1. The van der Waals surface area contributed by atoms with E-state index < -0.39 is 13.4 Å². The molecule has 4 rings (SSSR count). The molecule has 1 saturated heterocycles. The molecule has 0 saturated carbocycles. The minimum atomic E-state index is -3.79. The smallest absolute Gasteiger partial charge is 0.405 e. The van der Waals surface area contributed by atoms with Crippen molar-refractivity contribution < 1.29 is 22.7 Å². The summed E-state index contributed by atoms with van der Waals surface area (Å²) in [5, 5.41) is 0. The van der Waals surface area contributed by atoms with Gasteiger partial charge in [0.25, 0.3) is 0 Å². The van der Waals surface area contributed by atoms with E-state index in [2.05, 4.69) is 15.0 Å². The van der Waals surface area contributed by atoms with Crippen molar-refractivity contribution in [2.45, 2.75) is 32.1 Å². The second-order valence-electron chi connectivity index (χ2n) is 7.19. The van der Waals surface area contributed by atoms with E-state index in [-0.39, 0.29) is 24.3 Å². The summed E-state index contributed by atoms with van der Waals surface area (Å²) in [6.45, 7) is 2.19. The zero-order chi connectivity index (χ0) is 22.6. The molecule has 0 spiro atoms. The lowest BCUT2D eigenvalue weighted by Gasteiger charge is -2.27. The summed E-state index contributed by atoms with van der Waals surface area (Å²) in [4.78, 5) is 12.4. The van der Waals surface area contributed by atoms with Gasteiger partial charge < -0.3 is 19.6 Å². The Morgan fingerprint density at radius 3 is 2.94 bits per heavy atom. The number of nitrogens with two attached hydrogens (primary N) is 1. The number of benzene rings is 1. The number of aromatic nitrogens is 4. The van der Waals surface area contributed by atoms with Crippen LogP contribution >= 0.6 is 29.2 Å². The number of para-hydroxylation sites is 1. The Morgan fingerprint density at radius 1 is 1.31 bits per heavy atom. The maximum absolute atomic E-state index is 14.1. The maximum Gasteiger partial charge on any atom is 0.405 e. The molecule has 0 radical (unpaired) electrons. The Morgan fingerprint density at radius 2 is 2.16 bits per heavy atom. The van der Waals surface area contributed by atoms with Crippen molar-refractivity contribution in [3.8, 4) is 5.75 Å². The third kappa shape index (κ3) is 5.74. The minimum Gasteiger partial charge on any atom is -0.420 e. The summed E-state index contributed by atoms with van der Waals surface area (Å²) in [5.41, 5.74) is 6.91. The van der Waals surface area contributed by atoms with E-state index in [4.69, 9.17) is 19.5 Å². The first kappa shape index (κ1) is 23.3. The molecule has 3 heterocycles. The molecular weight excluding hydrogens is 476 g/mol. The van der Waals surface area contributed by atoms with Crippen LogP contribution in [0.2, 0.25) is 0 Å². The highest BCUT2D eigenvalue weighted by atomic mass is 33.1. The van der Waals surface area contributed by atoms with Crippen LogP contribution in [0, 0.1) is 5.82 Å². The van der Waals surface area contributed by atoms with Gasteiger partial charge in [-0.1, -0.05) is 33.7 Å². The van der Waals surface area contributed by atoms with Gasteiger partial charge >= 0.3 is 7.60 Å². The molecule has 2 N–H and O–H groups in total. The van der Waals surface area contributed by atoms with Crippen LogP contribution in [-0.4, -0.2) is 49.6 Å². The van der Waals surface area contributed by atoms with Gasteiger partial charge in [0.15, 0.2) is 29.4 Å². The number of imidazole rings is 1. The highest BCUT2D eigenvalue weighted by Gasteiger charge is 2.33. The van der Waals surface area contributed by atoms with Crippen LogP contribution in [0.4, 0.5) is 10.2 Å². The summed E-state index contributed by atoms with van der Waals surface area (Å²) < 4.78 is 46.8. The molecule has 32 heavy (non-hydrogen) atoms. The first-order valence-electron chi connectivity index (χ1n) is 9.92. The van der Waals surface area contributed by atoms with Crippen molar-refractivity contribution in [2.75, 3.05) is 23.6 Å². The van der Waals surface area contributed by atoms with E-state index in [0.29, 0.717) is 29.3 Å². The molecule has 9 nitrogen and oxygen atoms in total. The fourth-order valence-corrected chi connectivity index (χ4v) is 7.21.